The molecule has 4 heteroatoms. The van der Waals surface area contributed by atoms with Crippen LogP contribution in [-0.2, 0) is 6.42 Å². The minimum absolute atomic E-state index is 0.922. The van der Waals surface area contributed by atoms with Crippen molar-refractivity contribution in [3.63, 3.8) is 0 Å². The monoisotopic (exact) mass is 285 g/mol. The Hall–Kier alpha value is -1.68. The molecule has 3 aromatic rings. The Kier molecular flexibility index (Phi) is 1.74. The van der Waals surface area contributed by atoms with E-state index in [9.17, 15) is 0 Å². The summed E-state index contributed by atoms with van der Waals surface area (Å²) in [5.74, 6) is 0. The molecule has 0 N–H and O–H groups in total. The Labute approximate surface area is 106 Å². The molecule has 1 aliphatic carbocycles. The van der Waals surface area contributed by atoms with Crippen LogP contribution < -0.4 is 0 Å². The zero-order valence-corrected chi connectivity index (χ0v) is 10.5. The molecule has 3 nitrogen and oxygen atoms in total. The average molecular weight is 286 g/mol. The Bertz CT molecular complexity index is 746. The van der Waals surface area contributed by atoms with Crippen LogP contribution in [0.15, 0.2) is 41.3 Å². The van der Waals surface area contributed by atoms with Crippen LogP contribution in [0.2, 0.25) is 0 Å². The third-order valence-corrected chi connectivity index (χ3v) is 3.70. The minimum Gasteiger partial charge on any atom is -0.300 e. The molecule has 0 atom stereocenters. The predicted molar refractivity (Wildman–Crippen MR) is 68.9 cm³/mol. The van der Waals surface area contributed by atoms with Gasteiger partial charge in [-0.1, -0.05) is 22.0 Å². The highest BCUT2D eigenvalue weighted by Gasteiger charge is 2.23. The Balaban J connectivity index is 2.06. The van der Waals surface area contributed by atoms with Gasteiger partial charge in [0.15, 0.2) is 5.65 Å². The van der Waals surface area contributed by atoms with Crippen molar-refractivity contribution in [2.75, 3.05) is 0 Å². The van der Waals surface area contributed by atoms with E-state index in [4.69, 9.17) is 0 Å². The summed E-state index contributed by atoms with van der Waals surface area (Å²) in [7, 11) is 0. The van der Waals surface area contributed by atoms with E-state index in [1.807, 2.05) is 6.20 Å². The molecular weight excluding hydrogens is 278 g/mol. The van der Waals surface area contributed by atoms with Crippen molar-refractivity contribution in [3.05, 3.63) is 52.5 Å². The quantitative estimate of drug-likeness (QED) is 0.497. The average Bonchev–Trinajstić information content (AvgIpc) is 2.84. The topological polar surface area (TPSA) is 30.2 Å². The predicted octanol–water partition coefficient (Wildman–Crippen LogP) is 3.06. The SMILES string of the molecule is Brc1ccc2c(c1)Cc1c-2nc2cnccn12. The fraction of sp³-hybridized carbons (Fsp3) is 0.0769. The van der Waals surface area contributed by atoms with Crippen molar-refractivity contribution in [2.24, 2.45) is 0 Å². The highest BCUT2D eigenvalue weighted by atomic mass is 79.9. The third-order valence-electron chi connectivity index (χ3n) is 3.21. The fourth-order valence-corrected chi connectivity index (χ4v) is 2.87. The van der Waals surface area contributed by atoms with Crippen molar-refractivity contribution >= 4 is 21.6 Å². The van der Waals surface area contributed by atoms with Crippen LogP contribution in [0, 0.1) is 0 Å². The largest absolute Gasteiger partial charge is 0.300 e. The zero-order valence-electron chi connectivity index (χ0n) is 8.89. The minimum atomic E-state index is 0.922. The van der Waals surface area contributed by atoms with Gasteiger partial charge in [-0.3, -0.25) is 4.98 Å². The maximum absolute atomic E-state index is 4.65. The molecule has 17 heavy (non-hydrogen) atoms. The third kappa shape index (κ3) is 1.21. The molecule has 0 unspecified atom stereocenters. The highest BCUT2D eigenvalue weighted by molar-refractivity contribution is 9.10. The van der Waals surface area contributed by atoms with E-state index >= 15 is 0 Å². The molecule has 0 spiro atoms. The van der Waals surface area contributed by atoms with Gasteiger partial charge in [0, 0.05) is 28.9 Å². The summed E-state index contributed by atoms with van der Waals surface area (Å²) in [6.45, 7) is 0. The lowest BCUT2D eigenvalue weighted by Gasteiger charge is -1.99. The molecule has 0 saturated heterocycles. The number of hydrogen-bond acceptors (Lipinski definition) is 2. The first kappa shape index (κ1) is 9.36. The number of nitrogens with zero attached hydrogens (tertiary/aromatic N) is 3. The van der Waals surface area contributed by atoms with Crippen LogP contribution in [0.4, 0.5) is 0 Å². The number of benzene rings is 1. The first-order valence-corrected chi connectivity index (χ1v) is 6.22. The second-order valence-corrected chi connectivity index (χ2v) is 5.11. The second kappa shape index (κ2) is 3.17. The Morgan fingerprint density at radius 2 is 2.24 bits per heavy atom. The van der Waals surface area contributed by atoms with Crippen molar-refractivity contribution < 1.29 is 0 Å². The lowest BCUT2D eigenvalue weighted by atomic mass is 10.1. The van der Waals surface area contributed by atoms with Crippen LogP contribution >= 0.6 is 15.9 Å². The number of aromatic nitrogens is 3. The number of imidazole rings is 1. The van der Waals surface area contributed by atoms with E-state index in [1.54, 1.807) is 12.4 Å². The van der Waals surface area contributed by atoms with Crippen LogP contribution in [0.3, 0.4) is 0 Å². The fourth-order valence-electron chi connectivity index (χ4n) is 2.46. The first-order chi connectivity index (χ1) is 8.33. The number of fused-ring (bicyclic) bond motifs is 5. The zero-order chi connectivity index (χ0) is 11.4. The van der Waals surface area contributed by atoms with Crippen LogP contribution in [-0.4, -0.2) is 14.4 Å². The van der Waals surface area contributed by atoms with Gasteiger partial charge in [0.1, 0.15) is 0 Å². The molecule has 2 heterocycles. The van der Waals surface area contributed by atoms with Gasteiger partial charge in [-0.2, -0.15) is 0 Å². The first-order valence-electron chi connectivity index (χ1n) is 5.43. The second-order valence-electron chi connectivity index (χ2n) is 4.19. The van der Waals surface area contributed by atoms with Crippen molar-refractivity contribution in [1.82, 2.24) is 14.4 Å². The van der Waals surface area contributed by atoms with Gasteiger partial charge in [-0.25, -0.2) is 4.98 Å². The summed E-state index contributed by atoms with van der Waals surface area (Å²) in [6, 6.07) is 6.37. The maximum atomic E-state index is 4.65. The highest BCUT2D eigenvalue weighted by Crippen LogP contribution is 2.37. The Morgan fingerprint density at radius 1 is 1.29 bits per heavy atom. The van der Waals surface area contributed by atoms with Crippen molar-refractivity contribution in [3.8, 4) is 11.3 Å². The van der Waals surface area contributed by atoms with Crippen LogP contribution in [0.5, 0.6) is 0 Å². The van der Waals surface area contributed by atoms with E-state index in [2.05, 4.69) is 48.5 Å². The van der Waals surface area contributed by atoms with Gasteiger partial charge in [0.2, 0.25) is 0 Å². The molecule has 0 bridgehead atoms. The van der Waals surface area contributed by atoms with E-state index in [1.165, 1.54) is 16.8 Å². The van der Waals surface area contributed by atoms with E-state index in [0.717, 1.165) is 22.2 Å². The lowest BCUT2D eigenvalue weighted by molar-refractivity contribution is 1.03. The van der Waals surface area contributed by atoms with Gasteiger partial charge in [-0.15, -0.1) is 0 Å². The molecular formula is C13H8BrN3. The summed E-state index contributed by atoms with van der Waals surface area (Å²) in [6.07, 6.45) is 6.52. The lowest BCUT2D eigenvalue weighted by Crippen LogP contribution is -1.91. The van der Waals surface area contributed by atoms with Gasteiger partial charge in [0.05, 0.1) is 17.6 Å². The number of halogens is 1. The molecule has 4 rings (SSSR count). The summed E-state index contributed by atoms with van der Waals surface area (Å²) < 4.78 is 3.24. The molecule has 1 aromatic carbocycles. The molecule has 0 saturated carbocycles. The van der Waals surface area contributed by atoms with Gasteiger partial charge < -0.3 is 4.40 Å². The van der Waals surface area contributed by atoms with E-state index in [-0.39, 0.29) is 0 Å². The summed E-state index contributed by atoms with van der Waals surface area (Å²) in [5, 5.41) is 0. The molecule has 1 aliphatic rings. The normalized spacial score (nSPS) is 12.8. The van der Waals surface area contributed by atoms with Gasteiger partial charge in [0.25, 0.3) is 0 Å². The number of hydrogen-bond donors (Lipinski definition) is 0. The summed E-state index contributed by atoms with van der Waals surface area (Å²) in [5.41, 5.74) is 5.86. The van der Waals surface area contributed by atoms with Crippen molar-refractivity contribution in [1.29, 1.82) is 0 Å². The van der Waals surface area contributed by atoms with E-state index in [0.29, 0.717) is 0 Å². The maximum Gasteiger partial charge on any atom is 0.156 e. The van der Waals surface area contributed by atoms with Gasteiger partial charge >= 0.3 is 0 Å². The Morgan fingerprint density at radius 3 is 3.18 bits per heavy atom. The smallest absolute Gasteiger partial charge is 0.156 e. The molecule has 0 aliphatic heterocycles. The molecule has 82 valence electrons. The molecule has 0 fully saturated rings. The van der Waals surface area contributed by atoms with Gasteiger partial charge in [-0.05, 0) is 17.7 Å². The van der Waals surface area contributed by atoms with Crippen LogP contribution in [0.1, 0.15) is 11.3 Å². The summed E-state index contributed by atoms with van der Waals surface area (Å²) in [4.78, 5) is 8.75. The number of rotatable bonds is 0. The molecule has 0 amide bonds. The van der Waals surface area contributed by atoms with E-state index < -0.39 is 0 Å². The summed E-state index contributed by atoms with van der Waals surface area (Å²) >= 11 is 3.51. The standard InChI is InChI=1S/C13H8BrN3/c14-9-1-2-10-8(5-9)6-11-13(10)16-12-7-15-3-4-17(11)12/h1-5,7H,6H2. The molecule has 2 aromatic heterocycles. The van der Waals surface area contributed by atoms with Crippen molar-refractivity contribution in [2.45, 2.75) is 6.42 Å². The molecule has 0 radical (unpaired) electrons. The van der Waals surface area contributed by atoms with Crippen LogP contribution in [0.25, 0.3) is 16.9 Å².